The van der Waals surface area contributed by atoms with E-state index in [1.807, 2.05) is 0 Å². The van der Waals surface area contributed by atoms with E-state index in [9.17, 15) is 0 Å². The van der Waals surface area contributed by atoms with Crippen LogP contribution in [-0.4, -0.2) is 4.98 Å². The molecule has 30 heavy (non-hydrogen) atoms. The molecule has 0 spiro atoms. The van der Waals surface area contributed by atoms with Crippen LogP contribution in [0.2, 0.25) is 0 Å². The van der Waals surface area contributed by atoms with Crippen LogP contribution in [0.3, 0.4) is 0 Å². The van der Waals surface area contributed by atoms with Gasteiger partial charge in [-0.1, -0.05) is 84.9 Å². The summed E-state index contributed by atoms with van der Waals surface area (Å²) in [6, 6.07) is 45.6. The van der Waals surface area contributed by atoms with Crippen LogP contribution in [0.1, 0.15) is 5.56 Å². The fourth-order valence-electron chi connectivity index (χ4n) is 4.17. The third kappa shape index (κ3) is 3.43. The Balaban J connectivity index is 1.82. The zero-order valence-corrected chi connectivity index (χ0v) is 17.6. The van der Waals surface area contributed by atoms with Gasteiger partial charge in [-0.2, -0.15) is 0 Å². The van der Waals surface area contributed by atoms with Crippen molar-refractivity contribution >= 4 is 34.2 Å². The van der Waals surface area contributed by atoms with Gasteiger partial charge >= 0.3 is 0 Å². The zero-order chi connectivity index (χ0) is 20.2. The van der Waals surface area contributed by atoms with Crippen molar-refractivity contribution in [3.05, 3.63) is 133 Å². The Kier molecular flexibility index (Phi) is 5.13. The molecule has 0 saturated carbocycles. The van der Waals surface area contributed by atoms with Crippen molar-refractivity contribution in [2.24, 2.45) is 0 Å². The molecular formula is C28H23NP+. The molecule has 0 atom stereocenters. The molecule has 5 aromatic rings. The third-order valence-corrected chi connectivity index (χ3v) is 9.86. The van der Waals surface area contributed by atoms with Gasteiger partial charge in [0.2, 0.25) is 0 Å². The number of fused-ring (bicyclic) bond motifs is 1. The van der Waals surface area contributed by atoms with E-state index in [2.05, 4.69) is 127 Å². The highest BCUT2D eigenvalue weighted by Crippen LogP contribution is 2.57. The first-order valence-corrected chi connectivity index (χ1v) is 12.2. The smallest absolute Gasteiger partial charge is 0.193 e. The summed E-state index contributed by atoms with van der Waals surface area (Å²) in [5.41, 5.74) is 3.58. The Morgan fingerprint density at radius 2 is 1.03 bits per heavy atom. The number of rotatable bonds is 5. The minimum atomic E-state index is -1.99. The van der Waals surface area contributed by atoms with Crippen molar-refractivity contribution in [3.8, 4) is 0 Å². The highest BCUT2D eigenvalue weighted by molar-refractivity contribution is 7.94. The first-order chi connectivity index (χ1) is 14.9. The Labute approximate surface area is 178 Å². The number of pyridine rings is 1. The average Bonchev–Trinajstić information content (AvgIpc) is 2.84. The van der Waals surface area contributed by atoms with E-state index in [0.717, 1.165) is 11.7 Å². The van der Waals surface area contributed by atoms with Gasteiger partial charge in [-0.05, 0) is 42.0 Å². The molecule has 5 rings (SSSR count). The highest BCUT2D eigenvalue weighted by Gasteiger charge is 2.47. The van der Waals surface area contributed by atoms with E-state index in [1.54, 1.807) is 0 Å². The van der Waals surface area contributed by atoms with Crippen LogP contribution in [0, 0.1) is 0 Å². The van der Waals surface area contributed by atoms with Crippen LogP contribution in [0.4, 0.5) is 0 Å². The van der Waals surface area contributed by atoms with E-state index in [0.29, 0.717) is 0 Å². The summed E-state index contributed by atoms with van der Waals surface area (Å²) < 4.78 is 0. The summed E-state index contributed by atoms with van der Waals surface area (Å²) in [5, 5.41) is 3.91. The lowest BCUT2D eigenvalue weighted by atomic mass is 10.2. The van der Waals surface area contributed by atoms with E-state index in [1.165, 1.54) is 27.0 Å². The lowest BCUT2D eigenvalue weighted by molar-refractivity contribution is 1.37. The predicted octanol–water partition coefficient (Wildman–Crippen LogP) is 5.73. The van der Waals surface area contributed by atoms with Crippen molar-refractivity contribution in [1.82, 2.24) is 4.98 Å². The van der Waals surface area contributed by atoms with Crippen LogP contribution in [0.25, 0.3) is 10.9 Å². The molecule has 144 valence electrons. The summed E-state index contributed by atoms with van der Waals surface area (Å²) in [4.78, 5) is 5.25. The summed E-state index contributed by atoms with van der Waals surface area (Å²) >= 11 is 0. The molecular weight excluding hydrogens is 381 g/mol. The van der Waals surface area contributed by atoms with Gasteiger partial charge in [-0.15, -0.1) is 0 Å². The van der Waals surface area contributed by atoms with Crippen molar-refractivity contribution in [3.63, 3.8) is 0 Å². The van der Waals surface area contributed by atoms with Crippen LogP contribution in [0.15, 0.2) is 127 Å². The Morgan fingerprint density at radius 3 is 1.67 bits per heavy atom. The molecule has 0 amide bonds. The normalized spacial score (nSPS) is 11.5. The minimum absolute atomic E-state index is 0.952. The standard InChI is InChI=1S/C28H23NP/c1-4-12-23(13-5-1)22-30(25-15-6-2-7-16-25,26-17-8-3-9-18-26)28-21-20-24-14-10-11-19-27(24)29-28/h1-21H,22H2/q+1. The molecule has 0 bridgehead atoms. The Bertz CT molecular complexity index is 1210. The van der Waals surface area contributed by atoms with E-state index < -0.39 is 7.26 Å². The molecule has 4 aromatic carbocycles. The maximum atomic E-state index is 5.25. The van der Waals surface area contributed by atoms with Crippen LogP contribution in [0.5, 0.6) is 0 Å². The number of hydrogen-bond donors (Lipinski definition) is 0. The lowest BCUT2D eigenvalue weighted by Crippen LogP contribution is -2.34. The second-order valence-electron chi connectivity index (χ2n) is 7.49. The van der Waals surface area contributed by atoms with Gasteiger partial charge in [-0.25, -0.2) is 4.98 Å². The number of benzene rings is 4. The van der Waals surface area contributed by atoms with Crippen molar-refractivity contribution in [1.29, 1.82) is 0 Å². The average molecular weight is 404 g/mol. The fourth-order valence-corrected chi connectivity index (χ4v) is 8.25. The van der Waals surface area contributed by atoms with Gasteiger partial charge in [0.25, 0.3) is 0 Å². The summed E-state index contributed by atoms with van der Waals surface area (Å²) in [6.07, 6.45) is 0.952. The topological polar surface area (TPSA) is 12.9 Å². The van der Waals surface area contributed by atoms with E-state index in [4.69, 9.17) is 4.98 Å². The zero-order valence-electron chi connectivity index (χ0n) is 16.7. The maximum absolute atomic E-state index is 5.25. The van der Waals surface area contributed by atoms with Crippen molar-refractivity contribution in [2.45, 2.75) is 6.16 Å². The van der Waals surface area contributed by atoms with Crippen LogP contribution in [-0.2, 0) is 6.16 Å². The maximum Gasteiger partial charge on any atom is 0.193 e. The van der Waals surface area contributed by atoms with Gasteiger partial charge in [0.15, 0.2) is 5.44 Å². The molecule has 1 aromatic heterocycles. The highest BCUT2D eigenvalue weighted by atomic mass is 31.2. The number of para-hydroxylation sites is 1. The minimum Gasteiger partial charge on any atom is -0.213 e. The van der Waals surface area contributed by atoms with Crippen molar-refractivity contribution in [2.75, 3.05) is 0 Å². The fraction of sp³-hybridized carbons (Fsp3) is 0.0357. The third-order valence-electron chi connectivity index (χ3n) is 5.63. The molecule has 0 radical (unpaired) electrons. The number of aromatic nitrogens is 1. The van der Waals surface area contributed by atoms with Crippen LogP contribution < -0.4 is 16.0 Å². The van der Waals surface area contributed by atoms with Gasteiger partial charge in [0, 0.05) is 11.5 Å². The van der Waals surface area contributed by atoms with Gasteiger partial charge < -0.3 is 0 Å². The number of nitrogens with zero attached hydrogens (tertiary/aromatic N) is 1. The quantitative estimate of drug-likeness (QED) is 0.341. The van der Waals surface area contributed by atoms with E-state index in [-0.39, 0.29) is 0 Å². The molecule has 0 fully saturated rings. The molecule has 1 nitrogen and oxygen atoms in total. The molecule has 2 heteroatoms. The monoisotopic (exact) mass is 404 g/mol. The Morgan fingerprint density at radius 1 is 0.500 bits per heavy atom. The Hall–Kier alpha value is -3.28. The summed E-state index contributed by atoms with van der Waals surface area (Å²) in [6.45, 7) is 0. The van der Waals surface area contributed by atoms with Gasteiger partial charge in [0.05, 0.1) is 5.52 Å². The number of hydrogen-bond acceptors (Lipinski definition) is 1. The molecule has 0 N–H and O–H groups in total. The van der Waals surface area contributed by atoms with Gasteiger partial charge in [0.1, 0.15) is 24.0 Å². The SMILES string of the molecule is c1ccc(C[P+](c2ccccc2)(c2ccccc2)c2ccc3ccccc3n2)cc1. The molecule has 1 heterocycles. The second-order valence-corrected chi connectivity index (χ2v) is 10.9. The molecule has 0 unspecified atom stereocenters. The predicted molar refractivity (Wildman–Crippen MR) is 131 cm³/mol. The second kappa shape index (κ2) is 8.22. The van der Waals surface area contributed by atoms with E-state index >= 15 is 0 Å². The first kappa shape index (κ1) is 18.7. The lowest BCUT2D eigenvalue weighted by Gasteiger charge is -2.27. The first-order valence-electron chi connectivity index (χ1n) is 10.3. The molecule has 0 aliphatic carbocycles. The van der Waals surface area contributed by atoms with Gasteiger partial charge in [-0.3, -0.25) is 0 Å². The van der Waals surface area contributed by atoms with Crippen LogP contribution >= 0.6 is 7.26 Å². The summed E-state index contributed by atoms with van der Waals surface area (Å²) in [5.74, 6) is 0. The molecule has 0 aliphatic rings. The largest absolute Gasteiger partial charge is 0.213 e. The molecule has 0 saturated heterocycles. The summed E-state index contributed by atoms with van der Waals surface area (Å²) in [7, 11) is -1.99. The molecule has 0 aliphatic heterocycles. The van der Waals surface area contributed by atoms with Crippen molar-refractivity contribution < 1.29 is 0 Å².